The first-order chi connectivity index (χ1) is 15.9. The second kappa shape index (κ2) is 10.3. The van der Waals surface area contributed by atoms with Crippen molar-refractivity contribution in [3.63, 3.8) is 0 Å². The third-order valence-electron chi connectivity index (χ3n) is 5.80. The Kier molecular flexibility index (Phi) is 7.22. The molecule has 0 radical (unpaired) electrons. The summed E-state index contributed by atoms with van der Waals surface area (Å²) in [4.78, 5) is 19.0. The van der Waals surface area contributed by atoms with E-state index in [-0.39, 0.29) is 5.91 Å². The summed E-state index contributed by atoms with van der Waals surface area (Å²) in [5.41, 5.74) is 3.88. The van der Waals surface area contributed by atoms with E-state index in [0.717, 1.165) is 17.7 Å². The smallest absolute Gasteiger partial charge is 0.251 e. The van der Waals surface area contributed by atoms with Gasteiger partial charge in [-0.2, -0.15) is 4.31 Å². The molecule has 1 aliphatic rings. The van der Waals surface area contributed by atoms with Crippen molar-refractivity contribution in [1.29, 1.82) is 0 Å². The lowest BCUT2D eigenvalue weighted by Gasteiger charge is -2.33. The molecule has 0 saturated carbocycles. The lowest BCUT2D eigenvalue weighted by molar-refractivity contribution is 0.0950. The summed E-state index contributed by atoms with van der Waals surface area (Å²) in [6, 6.07) is 15.8. The van der Waals surface area contributed by atoms with Gasteiger partial charge >= 0.3 is 0 Å². The predicted octanol–water partition coefficient (Wildman–Crippen LogP) is 1.94. The predicted molar refractivity (Wildman–Crippen MR) is 127 cm³/mol. The summed E-state index contributed by atoms with van der Waals surface area (Å²) in [5.74, 6) is -0.110. The Morgan fingerprint density at radius 3 is 2.36 bits per heavy atom. The van der Waals surface area contributed by atoms with Crippen molar-refractivity contribution in [2.45, 2.75) is 19.6 Å². The van der Waals surface area contributed by atoms with Crippen LogP contribution in [-0.2, 0) is 29.7 Å². The molecule has 0 spiro atoms. The van der Waals surface area contributed by atoms with Crippen molar-refractivity contribution in [1.82, 2.24) is 24.1 Å². The van der Waals surface area contributed by atoms with E-state index in [2.05, 4.69) is 27.3 Å². The van der Waals surface area contributed by atoms with Gasteiger partial charge in [-0.1, -0.05) is 36.4 Å². The number of amides is 1. The highest BCUT2D eigenvalue weighted by molar-refractivity contribution is 7.88. The number of carbonyl (C=O) groups is 1. The summed E-state index contributed by atoms with van der Waals surface area (Å²) < 4.78 is 26.9. The molecule has 1 aliphatic heterocycles. The molecule has 3 aromatic rings. The normalized spacial score (nSPS) is 15.4. The molecule has 0 aliphatic carbocycles. The van der Waals surface area contributed by atoms with Gasteiger partial charge in [0, 0.05) is 63.8 Å². The van der Waals surface area contributed by atoms with E-state index in [1.807, 2.05) is 47.2 Å². The van der Waals surface area contributed by atoms with Crippen LogP contribution in [0.25, 0.3) is 0 Å². The molecule has 1 saturated heterocycles. The molecule has 0 atom stereocenters. The Hall–Kier alpha value is -3.01. The van der Waals surface area contributed by atoms with Gasteiger partial charge in [0.15, 0.2) is 0 Å². The van der Waals surface area contributed by atoms with Crippen LogP contribution in [0.4, 0.5) is 0 Å². The Balaban J connectivity index is 1.28. The lowest BCUT2D eigenvalue weighted by Crippen LogP contribution is -2.47. The molecule has 33 heavy (non-hydrogen) atoms. The summed E-state index contributed by atoms with van der Waals surface area (Å²) >= 11 is 0. The molecule has 8 nitrogen and oxygen atoms in total. The Labute approximate surface area is 194 Å². The first-order valence-corrected chi connectivity index (χ1v) is 12.8. The SMILES string of the molecule is CS(=O)(=O)N1CCN(Cc2cccc(C(=O)NCc3ccc(Cn4ccnc4)cc3)c2)CC1. The second-order valence-electron chi connectivity index (χ2n) is 8.37. The third kappa shape index (κ3) is 6.50. The molecular weight excluding hydrogens is 438 g/mol. The van der Waals surface area contributed by atoms with Gasteiger partial charge in [0.25, 0.3) is 5.91 Å². The highest BCUT2D eigenvalue weighted by Gasteiger charge is 2.23. The van der Waals surface area contributed by atoms with E-state index in [0.29, 0.717) is 44.8 Å². The first-order valence-electron chi connectivity index (χ1n) is 10.9. The maximum absolute atomic E-state index is 12.7. The minimum atomic E-state index is -3.13. The Bertz CT molecular complexity index is 1170. The molecule has 0 unspecified atom stereocenters. The van der Waals surface area contributed by atoms with Gasteiger partial charge in [-0.05, 0) is 28.8 Å². The molecule has 1 fully saturated rings. The van der Waals surface area contributed by atoms with E-state index < -0.39 is 10.0 Å². The maximum atomic E-state index is 12.7. The van der Waals surface area contributed by atoms with Gasteiger partial charge in [-0.25, -0.2) is 13.4 Å². The van der Waals surface area contributed by atoms with Crippen molar-refractivity contribution < 1.29 is 13.2 Å². The zero-order chi connectivity index (χ0) is 23.3. The number of nitrogens with one attached hydrogen (secondary N) is 1. The van der Waals surface area contributed by atoms with Crippen molar-refractivity contribution >= 4 is 15.9 Å². The second-order valence-corrected chi connectivity index (χ2v) is 10.4. The van der Waals surface area contributed by atoms with Crippen LogP contribution in [0.2, 0.25) is 0 Å². The maximum Gasteiger partial charge on any atom is 0.251 e. The minimum Gasteiger partial charge on any atom is -0.348 e. The average molecular weight is 468 g/mol. The molecule has 2 aromatic carbocycles. The fourth-order valence-corrected chi connectivity index (χ4v) is 4.75. The van der Waals surface area contributed by atoms with Crippen LogP contribution in [-0.4, -0.2) is 65.5 Å². The first kappa shape index (κ1) is 23.2. The highest BCUT2D eigenvalue weighted by Crippen LogP contribution is 2.13. The number of benzene rings is 2. The molecular formula is C24H29N5O3S. The van der Waals surface area contributed by atoms with Gasteiger partial charge < -0.3 is 9.88 Å². The Morgan fingerprint density at radius 2 is 1.70 bits per heavy atom. The summed E-state index contributed by atoms with van der Waals surface area (Å²) in [6.45, 7) is 4.28. The lowest BCUT2D eigenvalue weighted by atomic mass is 10.1. The molecule has 1 amide bonds. The van der Waals surface area contributed by atoms with Gasteiger partial charge in [-0.3, -0.25) is 9.69 Å². The molecule has 0 bridgehead atoms. The van der Waals surface area contributed by atoms with Gasteiger partial charge in [0.1, 0.15) is 0 Å². The quantitative estimate of drug-likeness (QED) is 0.547. The monoisotopic (exact) mass is 467 g/mol. The van der Waals surface area contributed by atoms with Crippen molar-refractivity contribution in [2.24, 2.45) is 0 Å². The number of hydrogen-bond donors (Lipinski definition) is 1. The van der Waals surface area contributed by atoms with Gasteiger partial charge in [-0.15, -0.1) is 0 Å². The third-order valence-corrected chi connectivity index (χ3v) is 7.10. The summed E-state index contributed by atoms with van der Waals surface area (Å²) in [7, 11) is -3.13. The Morgan fingerprint density at radius 1 is 0.970 bits per heavy atom. The van der Waals surface area contributed by atoms with Crippen LogP contribution in [0.5, 0.6) is 0 Å². The molecule has 1 aromatic heterocycles. The molecule has 9 heteroatoms. The summed E-state index contributed by atoms with van der Waals surface area (Å²) in [5, 5.41) is 2.99. The number of hydrogen-bond acceptors (Lipinski definition) is 5. The van der Waals surface area contributed by atoms with Crippen LogP contribution < -0.4 is 5.32 Å². The van der Waals surface area contributed by atoms with E-state index in [4.69, 9.17) is 0 Å². The van der Waals surface area contributed by atoms with Crippen molar-refractivity contribution in [3.05, 3.63) is 89.5 Å². The fourth-order valence-electron chi connectivity index (χ4n) is 3.93. The molecule has 174 valence electrons. The van der Waals surface area contributed by atoms with Crippen LogP contribution in [0.3, 0.4) is 0 Å². The molecule has 1 N–H and O–H groups in total. The number of rotatable bonds is 8. The van der Waals surface area contributed by atoms with Crippen LogP contribution in [0, 0.1) is 0 Å². The zero-order valence-corrected chi connectivity index (χ0v) is 19.5. The van der Waals surface area contributed by atoms with E-state index >= 15 is 0 Å². The highest BCUT2D eigenvalue weighted by atomic mass is 32.2. The number of sulfonamides is 1. The van der Waals surface area contributed by atoms with E-state index in [1.54, 1.807) is 12.5 Å². The van der Waals surface area contributed by atoms with Gasteiger partial charge in [0.05, 0.1) is 12.6 Å². The number of imidazole rings is 1. The molecule has 4 rings (SSSR count). The average Bonchev–Trinajstić information content (AvgIpc) is 3.31. The number of carbonyl (C=O) groups excluding carboxylic acids is 1. The standard InChI is InChI=1S/C24H29N5O3S/c1-33(31,32)29-13-11-27(12-14-29)18-22-3-2-4-23(15-22)24(30)26-16-20-5-7-21(8-6-20)17-28-10-9-25-19-28/h2-10,15,19H,11-14,16-18H2,1H3,(H,26,30). The number of aromatic nitrogens is 2. The van der Waals surface area contributed by atoms with Crippen molar-refractivity contribution in [3.8, 4) is 0 Å². The number of nitrogens with zero attached hydrogens (tertiary/aromatic N) is 4. The van der Waals surface area contributed by atoms with Crippen LogP contribution >= 0.6 is 0 Å². The van der Waals surface area contributed by atoms with Crippen LogP contribution in [0.15, 0.2) is 67.3 Å². The topological polar surface area (TPSA) is 87.5 Å². The van der Waals surface area contributed by atoms with E-state index in [1.165, 1.54) is 16.1 Å². The van der Waals surface area contributed by atoms with Crippen LogP contribution in [0.1, 0.15) is 27.0 Å². The fraction of sp³-hybridized carbons (Fsp3) is 0.333. The largest absolute Gasteiger partial charge is 0.348 e. The minimum absolute atomic E-state index is 0.110. The number of piperazine rings is 1. The van der Waals surface area contributed by atoms with Gasteiger partial charge in [0.2, 0.25) is 10.0 Å². The van der Waals surface area contributed by atoms with Crippen molar-refractivity contribution in [2.75, 3.05) is 32.4 Å². The van der Waals surface area contributed by atoms with E-state index in [9.17, 15) is 13.2 Å². The zero-order valence-electron chi connectivity index (χ0n) is 18.7. The molecule has 2 heterocycles. The summed E-state index contributed by atoms with van der Waals surface area (Å²) in [6.07, 6.45) is 6.73.